The number of carbonyl (C=O) groups excluding carboxylic acids is 1. The maximum Gasteiger partial charge on any atom is 0.139 e. The summed E-state index contributed by atoms with van der Waals surface area (Å²) in [4.78, 5) is 15.9. The summed E-state index contributed by atoms with van der Waals surface area (Å²) in [5.74, 6) is 2.23. The molecule has 0 bridgehead atoms. The Labute approximate surface area is 108 Å². The third-order valence-electron chi connectivity index (χ3n) is 3.22. The summed E-state index contributed by atoms with van der Waals surface area (Å²) in [6.07, 6.45) is 2.73. The van der Waals surface area contributed by atoms with Gasteiger partial charge in [0, 0.05) is 18.3 Å². The molecule has 2 rings (SSSR count). The third-order valence-corrected chi connectivity index (χ3v) is 3.22. The first-order chi connectivity index (χ1) is 8.59. The van der Waals surface area contributed by atoms with E-state index in [9.17, 15) is 4.79 Å². The summed E-state index contributed by atoms with van der Waals surface area (Å²) in [7, 11) is 0. The first-order valence-corrected chi connectivity index (χ1v) is 6.45. The predicted molar refractivity (Wildman–Crippen MR) is 71.1 cm³/mol. The fourth-order valence-corrected chi connectivity index (χ4v) is 2.11. The zero-order valence-corrected chi connectivity index (χ0v) is 11.2. The Hall–Kier alpha value is -1.58. The summed E-state index contributed by atoms with van der Waals surface area (Å²) in [5.41, 5.74) is 0.925. The lowest BCUT2D eigenvalue weighted by atomic mass is 9.98. The maximum absolute atomic E-state index is 11.6. The lowest BCUT2D eigenvalue weighted by Gasteiger charge is -2.13. The van der Waals surface area contributed by atoms with Gasteiger partial charge in [-0.1, -0.05) is 13.8 Å². The minimum absolute atomic E-state index is 0.122. The molecule has 98 valence electrons. The molecule has 1 N–H and O–H groups in total. The number of aromatic nitrogens is 1. The van der Waals surface area contributed by atoms with E-state index in [-0.39, 0.29) is 11.7 Å². The molecular formula is C14H20N2O2. The summed E-state index contributed by atoms with van der Waals surface area (Å²) < 4.78 is 5.81. The van der Waals surface area contributed by atoms with Crippen molar-refractivity contribution in [2.24, 2.45) is 5.92 Å². The van der Waals surface area contributed by atoms with Crippen LogP contribution in [0.4, 0.5) is 5.82 Å². The zero-order chi connectivity index (χ0) is 13.1. The summed E-state index contributed by atoms with van der Waals surface area (Å²) in [6.45, 7) is 7.26. The number of hydrogen-bond donors (Lipinski definition) is 1. The second-order valence-electron chi connectivity index (χ2n) is 5.15. The van der Waals surface area contributed by atoms with Gasteiger partial charge in [0.15, 0.2) is 0 Å². The largest absolute Gasteiger partial charge is 0.493 e. The highest BCUT2D eigenvalue weighted by atomic mass is 16.5. The van der Waals surface area contributed by atoms with Gasteiger partial charge in [0.05, 0.1) is 12.5 Å². The minimum Gasteiger partial charge on any atom is -0.493 e. The number of nitrogens with zero attached hydrogens (tertiary/aromatic N) is 1. The van der Waals surface area contributed by atoms with Gasteiger partial charge in [-0.25, -0.2) is 4.98 Å². The lowest BCUT2D eigenvalue weighted by Crippen LogP contribution is -2.12. The quantitative estimate of drug-likeness (QED) is 0.870. The number of ether oxygens (including phenoxy) is 1. The molecule has 4 heteroatoms. The average Bonchev–Trinajstić information content (AvgIpc) is 2.73. The van der Waals surface area contributed by atoms with E-state index in [2.05, 4.69) is 24.1 Å². The molecule has 1 aliphatic heterocycles. The molecule has 0 aromatic carbocycles. The number of carbonyl (C=O) groups is 1. The van der Waals surface area contributed by atoms with E-state index in [1.807, 2.05) is 6.07 Å². The van der Waals surface area contributed by atoms with E-state index in [1.165, 1.54) is 0 Å². The first-order valence-electron chi connectivity index (χ1n) is 6.45. The Bertz CT molecular complexity index is 443. The van der Waals surface area contributed by atoms with Crippen LogP contribution in [0.1, 0.15) is 38.7 Å². The molecule has 0 aliphatic carbocycles. The first kappa shape index (κ1) is 12.9. The van der Waals surface area contributed by atoms with Gasteiger partial charge in [0.25, 0.3) is 0 Å². The van der Waals surface area contributed by atoms with Crippen LogP contribution < -0.4 is 10.1 Å². The zero-order valence-electron chi connectivity index (χ0n) is 11.2. The number of ketones is 1. The molecule has 1 aliphatic rings. The second kappa shape index (κ2) is 5.38. The Morgan fingerprint density at radius 1 is 1.61 bits per heavy atom. The number of nitrogens with one attached hydrogen (secondary N) is 1. The molecule has 1 aromatic heterocycles. The molecule has 0 radical (unpaired) electrons. The van der Waals surface area contributed by atoms with Crippen molar-refractivity contribution in [1.82, 2.24) is 4.98 Å². The van der Waals surface area contributed by atoms with Crippen molar-refractivity contribution in [2.45, 2.75) is 33.1 Å². The fraction of sp³-hybridized carbons (Fsp3) is 0.571. The average molecular weight is 248 g/mol. The third kappa shape index (κ3) is 2.63. The van der Waals surface area contributed by atoms with Crippen molar-refractivity contribution in [3.63, 3.8) is 0 Å². The fourth-order valence-electron chi connectivity index (χ4n) is 2.11. The molecule has 0 fully saturated rings. The number of anilines is 1. The van der Waals surface area contributed by atoms with Crippen LogP contribution in [-0.2, 0) is 4.79 Å². The van der Waals surface area contributed by atoms with Gasteiger partial charge in [0.2, 0.25) is 0 Å². The van der Waals surface area contributed by atoms with E-state index in [0.717, 1.165) is 23.6 Å². The molecule has 4 nitrogen and oxygen atoms in total. The Morgan fingerprint density at radius 2 is 2.39 bits per heavy atom. The molecule has 1 unspecified atom stereocenters. The van der Waals surface area contributed by atoms with Crippen molar-refractivity contribution in [3.05, 3.63) is 17.8 Å². The van der Waals surface area contributed by atoms with Crippen molar-refractivity contribution < 1.29 is 9.53 Å². The molecule has 1 aromatic rings. The van der Waals surface area contributed by atoms with Gasteiger partial charge < -0.3 is 10.1 Å². The smallest absolute Gasteiger partial charge is 0.139 e. The molecule has 0 spiro atoms. The van der Waals surface area contributed by atoms with Crippen LogP contribution in [0.3, 0.4) is 0 Å². The minimum atomic E-state index is -0.122. The standard InChI is InChI=1S/C14H20N2O2/c1-9(2)5-7-18-12-4-6-15-14-13(12)11(8-16-14)10(3)17/h4,6,9,11H,5,7-8H2,1-3H3,(H,15,16). The van der Waals surface area contributed by atoms with Crippen LogP contribution in [0.2, 0.25) is 0 Å². The number of rotatable bonds is 5. The van der Waals surface area contributed by atoms with E-state index < -0.39 is 0 Å². The highest BCUT2D eigenvalue weighted by molar-refractivity contribution is 5.88. The molecule has 0 amide bonds. The molecule has 0 saturated carbocycles. The van der Waals surface area contributed by atoms with Crippen LogP contribution in [-0.4, -0.2) is 23.9 Å². The molecular weight excluding hydrogens is 228 g/mol. The van der Waals surface area contributed by atoms with Crippen LogP contribution in [0, 0.1) is 5.92 Å². The normalized spacial score (nSPS) is 17.4. The van der Waals surface area contributed by atoms with Gasteiger partial charge in [-0.15, -0.1) is 0 Å². The van der Waals surface area contributed by atoms with Crippen LogP contribution in [0.5, 0.6) is 5.75 Å². The molecule has 1 atom stereocenters. The summed E-state index contributed by atoms with van der Waals surface area (Å²) in [6, 6.07) is 1.85. The summed E-state index contributed by atoms with van der Waals surface area (Å²) in [5, 5.41) is 3.16. The highest BCUT2D eigenvalue weighted by Crippen LogP contribution is 2.37. The number of hydrogen-bond acceptors (Lipinski definition) is 4. The maximum atomic E-state index is 11.6. The monoisotopic (exact) mass is 248 g/mol. The topological polar surface area (TPSA) is 51.2 Å². The van der Waals surface area contributed by atoms with Gasteiger partial charge in [-0.05, 0) is 25.3 Å². The number of Topliss-reactive ketones (excluding diaryl/α,β-unsaturated/α-hetero) is 1. The van der Waals surface area contributed by atoms with Crippen LogP contribution >= 0.6 is 0 Å². The van der Waals surface area contributed by atoms with E-state index in [4.69, 9.17) is 4.74 Å². The van der Waals surface area contributed by atoms with E-state index in [0.29, 0.717) is 19.1 Å². The van der Waals surface area contributed by atoms with Gasteiger partial charge >= 0.3 is 0 Å². The van der Waals surface area contributed by atoms with Crippen LogP contribution in [0.25, 0.3) is 0 Å². The summed E-state index contributed by atoms with van der Waals surface area (Å²) >= 11 is 0. The predicted octanol–water partition coefficient (Wildman–Crippen LogP) is 2.60. The molecule has 2 heterocycles. The van der Waals surface area contributed by atoms with Crippen molar-refractivity contribution in [2.75, 3.05) is 18.5 Å². The van der Waals surface area contributed by atoms with Crippen molar-refractivity contribution >= 4 is 11.6 Å². The van der Waals surface area contributed by atoms with Crippen molar-refractivity contribution in [3.8, 4) is 5.75 Å². The Balaban J connectivity index is 2.16. The van der Waals surface area contributed by atoms with E-state index >= 15 is 0 Å². The SMILES string of the molecule is CC(=O)C1CNc2nccc(OCCC(C)C)c21. The Kier molecular flexibility index (Phi) is 3.84. The lowest BCUT2D eigenvalue weighted by molar-refractivity contribution is -0.118. The van der Waals surface area contributed by atoms with Crippen LogP contribution in [0.15, 0.2) is 12.3 Å². The van der Waals surface area contributed by atoms with Gasteiger partial charge in [0.1, 0.15) is 17.4 Å². The Morgan fingerprint density at radius 3 is 3.06 bits per heavy atom. The highest BCUT2D eigenvalue weighted by Gasteiger charge is 2.30. The number of pyridine rings is 1. The second-order valence-corrected chi connectivity index (χ2v) is 5.15. The van der Waals surface area contributed by atoms with E-state index in [1.54, 1.807) is 13.1 Å². The van der Waals surface area contributed by atoms with Gasteiger partial charge in [-0.2, -0.15) is 0 Å². The van der Waals surface area contributed by atoms with Gasteiger partial charge in [-0.3, -0.25) is 4.79 Å². The number of fused-ring (bicyclic) bond motifs is 1. The van der Waals surface area contributed by atoms with Crippen molar-refractivity contribution in [1.29, 1.82) is 0 Å². The molecule has 18 heavy (non-hydrogen) atoms. The molecule has 0 saturated heterocycles.